The fraction of sp³-hybridized carbons (Fsp3) is 0.105. The molecule has 0 aliphatic carbocycles. The molecule has 0 atom stereocenters. The van der Waals surface area contributed by atoms with Crippen molar-refractivity contribution in [1.29, 1.82) is 0 Å². The van der Waals surface area contributed by atoms with Crippen molar-refractivity contribution in [2.75, 3.05) is 12.4 Å². The van der Waals surface area contributed by atoms with Gasteiger partial charge < -0.3 is 19.6 Å². The van der Waals surface area contributed by atoms with E-state index in [9.17, 15) is 14.9 Å². The van der Waals surface area contributed by atoms with E-state index < -0.39 is 10.8 Å². The lowest BCUT2D eigenvalue weighted by atomic mass is 10.1. The molecular weight excluding hydrogens is 352 g/mol. The number of furan rings is 1. The maximum Gasteiger partial charge on any atom is 0.282 e. The van der Waals surface area contributed by atoms with E-state index in [4.69, 9.17) is 14.3 Å². The fourth-order valence-electron chi connectivity index (χ4n) is 2.61. The van der Waals surface area contributed by atoms with Gasteiger partial charge in [-0.25, -0.2) is 0 Å². The lowest BCUT2D eigenvalue weighted by Crippen LogP contribution is -2.14. The molecule has 0 spiro atoms. The molecular formula is C19H16N2O6. The zero-order chi connectivity index (χ0) is 19.4. The molecule has 1 amide bonds. The quantitative estimate of drug-likeness (QED) is 0.507. The Morgan fingerprint density at radius 1 is 1.22 bits per heavy atom. The summed E-state index contributed by atoms with van der Waals surface area (Å²) in [6, 6.07) is 13.9. The Morgan fingerprint density at radius 3 is 2.67 bits per heavy atom. The summed E-state index contributed by atoms with van der Waals surface area (Å²) >= 11 is 0. The molecule has 0 unspecified atom stereocenters. The normalized spacial score (nSPS) is 10.4. The summed E-state index contributed by atoms with van der Waals surface area (Å²) < 4.78 is 10.8. The highest BCUT2D eigenvalue weighted by Crippen LogP contribution is 2.34. The van der Waals surface area contributed by atoms with Gasteiger partial charge in [0.15, 0.2) is 0 Å². The molecule has 8 nitrogen and oxygen atoms in total. The topological polar surface area (TPSA) is 115 Å². The molecule has 0 saturated heterocycles. The Hall–Kier alpha value is -3.65. The summed E-state index contributed by atoms with van der Waals surface area (Å²) in [4.78, 5) is 23.0. The largest absolute Gasteiger partial charge is 0.496 e. The molecule has 0 aliphatic rings. The van der Waals surface area contributed by atoms with Gasteiger partial charge in [-0.3, -0.25) is 14.9 Å². The zero-order valence-electron chi connectivity index (χ0n) is 14.3. The highest BCUT2D eigenvalue weighted by Gasteiger charge is 2.20. The van der Waals surface area contributed by atoms with Crippen molar-refractivity contribution in [3.8, 4) is 17.1 Å². The predicted octanol–water partition coefficient (Wildman–Crippen LogP) is 3.61. The first-order valence-corrected chi connectivity index (χ1v) is 7.96. The molecule has 2 N–H and O–H groups in total. The number of hydrogen-bond acceptors (Lipinski definition) is 6. The number of nitro benzene ring substituents is 1. The number of nitrogens with one attached hydrogen (secondary N) is 1. The van der Waals surface area contributed by atoms with Crippen LogP contribution in [0.25, 0.3) is 11.3 Å². The van der Waals surface area contributed by atoms with Crippen LogP contribution in [0.4, 0.5) is 11.4 Å². The number of anilines is 1. The van der Waals surface area contributed by atoms with E-state index in [1.807, 2.05) is 0 Å². The third-order valence-electron chi connectivity index (χ3n) is 3.89. The molecule has 3 aromatic rings. The van der Waals surface area contributed by atoms with Crippen LogP contribution in [0.3, 0.4) is 0 Å². The van der Waals surface area contributed by atoms with Crippen LogP contribution in [0, 0.1) is 10.1 Å². The van der Waals surface area contributed by atoms with Crippen LogP contribution in [0.1, 0.15) is 16.1 Å². The van der Waals surface area contributed by atoms with Crippen molar-refractivity contribution in [2.45, 2.75) is 6.61 Å². The lowest BCUT2D eigenvalue weighted by molar-refractivity contribution is -0.385. The molecule has 0 saturated carbocycles. The van der Waals surface area contributed by atoms with Gasteiger partial charge in [-0.05, 0) is 36.4 Å². The van der Waals surface area contributed by atoms with Crippen molar-refractivity contribution in [1.82, 2.24) is 0 Å². The molecule has 0 fully saturated rings. The molecule has 0 aliphatic heterocycles. The van der Waals surface area contributed by atoms with Gasteiger partial charge in [-0.15, -0.1) is 0 Å². The molecule has 2 aromatic carbocycles. The van der Waals surface area contributed by atoms with Crippen LogP contribution in [0.5, 0.6) is 5.75 Å². The van der Waals surface area contributed by atoms with Gasteiger partial charge in [0.2, 0.25) is 0 Å². The number of carbonyl (C=O) groups is 1. The summed E-state index contributed by atoms with van der Waals surface area (Å²) in [7, 11) is 1.50. The number of amides is 1. The number of nitro groups is 1. The number of carbonyl (C=O) groups excluding carboxylic acids is 1. The molecule has 27 heavy (non-hydrogen) atoms. The second-order valence-corrected chi connectivity index (χ2v) is 5.57. The van der Waals surface area contributed by atoms with E-state index in [0.29, 0.717) is 28.5 Å². The Balaban J connectivity index is 1.93. The van der Waals surface area contributed by atoms with Crippen molar-refractivity contribution < 1.29 is 24.0 Å². The highest BCUT2D eigenvalue weighted by molar-refractivity contribution is 6.07. The molecule has 1 heterocycles. The van der Waals surface area contributed by atoms with Crippen molar-refractivity contribution in [3.05, 3.63) is 76.0 Å². The van der Waals surface area contributed by atoms with Gasteiger partial charge in [-0.2, -0.15) is 0 Å². The van der Waals surface area contributed by atoms with Crippen LogP contribution >= 0.6 is 0 Å². The van der Waals surface area contributed by atoms with Crippen LogP contribution in [-0.4, -0.2) is 23.0 Å². The standard InChI is InChI=1S/C19H16N2O6/c1-26-17-8-6-12(10-15(17)18-9-7-13(11-22)27-18)20-19(23)14-4-2-3-5-16(14)21(24)25/h2-10,22H,11H2,1H3,(H,20,23). The van der Waals surface area contributed by atoms with Crippen LogP contribution < -0.4 is 10.1 Å². The summed E-state index contributed by atoms with van der Waals surface area (Å²) in [6.07, 6.45) is 0. The van der Waals surface area contributed by atoms with Crippen LogP contribution in [0.15, 0.2) is 59.0 Å². The number of hydrogen-bond donors (Lipinski definition) is 2. The first kappa shape index (κ1) is 18.2. The second kappa shape index (κ2) is 7.71. The van der Waals surface area contributed by atoms with Gasteiger partial charge in [0.1, 0.15) is 29.4 Å². The third-order valence-corrected chi connectivity index (χ3v) is 3.89. The number of ether oxygens (including phenoxy) is 1. The average molecular weight is 368 g/mol. The number of rotatable bonds is 6. The Bertz CT molecular complexity index is 995. The number of aliphatic hydroxyl groups is 1. The monoisotopic (exact) mass is 368 g/mol. The van der Waals surface area contributed by atoms with Crippen molar-refractivity contribution >= 4 is 17.3 Å². The van der Waals surface area contributed by atoms with Gasteiger partial charge in [0.05, 0.1) is 17.6 Å². The first-order valence-electron chi connectivity index (χ1n) is 7.96. The minimum atomic E-state index is -0.604. The van der Waals surface area contributed by atoms with Crippen LogP contribution in [0.2, 0.25) is 0 Å². The number of nitrogens with zero attached hydrogens (tertiary/aromatic N) is 1. The van der Waals surface area contributed by atoms with E-state index in [2.05, 4.69) is 5.32 Å². The number of para-hydroxylation sites is 1. The SMILES string of the molecule is COc1ccc(NC(=O)c2ccccc2[N+](=O)[O-])cc1-c1ccc(CO)o1. The van der Waals surface area contributed by atoms with Crippen LogP contribution in [-0.2, 0) is 6.61 Å². The molecule has 0 radical (unpaired) electrons. The maximum atomic E-state index is 12.5. The summed E-state index contributed by atoms with van der Waals surface area (Å²) in [6.45, 7) is -0.240. The Labute approximate surface area is 154 Å². The van der Waals surface area contributed by atoms with Crippen molar-refractivity contribution in [3.63, 3.8) is 0 Å². The van der Waals surface area contributed by atoms with Crippen molar-refractivity contribution in [2.24, 2.45) is 0 Å². The minimum Gasteiger partial charge on any atom is -0.496 e. The second-order valence-electron chi connectivity index (χ2n) is 5.57. The highest BCUT2D eigenvalue weighted by atomic mass is 16.6. The van der Waals surface area contributed by atoms with E-state index >= 15 is 0 Å². The van der Waals surface area contributed by atoms with E-state index in [-0.39, 0.29) is 17.9 Å². The molecule has 138 valence electrons. The van der Waals surface area contributed by atoms with Gasteiger partial charge in [0, 0.05) is 11.8 Å². The summed E-state index contributed by atoms with van der Waals surface area (Å²) in [5, 5.41) is 22.9. The first-order chi connectivity index (χ1) is 13.0. The Morgan fingerprint density at radius 2 is 2.00 bits per heavy atom. The minimum absolute atomic E-state index is 0.0413. The molecule has 8 heteroatoms. The smallest absolute Gasteiger partial charge is 0.282 e. The van der Waals surface area contributed by atoms with Gasteiger partial charge >= 0.3 is 0 Å². The van der Waals surface area contributed by atoms with Gasteiger partial charge in [0.25, 0.3) is 11.6 Å². The Kier molecular flexibility index (Phi) is 5.18. The number of benzene rings is 2. The molecule has 0 bridgehead atoms. The fourth-order valence-corrected chi connectivity index (χ4v) is 2.61. The van der Waals surface area contributed by atoms with Gasteiger partial charge in [-0.1, -0.05) is 12.1 Å². The maximum absolute atomic E-state index is 12.5. The van der Waals surface area contributed by atoms with E-state index in [1.165, 1.54) is 25.3 Å². The number of aliphatic hydroxyl groups excluding tert-OH is 1. The summed E-state index contributed by atoms with van der Waals surface area (Å²) in [5.41, 5.74) is 0.663. The third kappa shape index (κ3) is 3.80. The molecule has 1 aromatic heterocycles. The average Bonchev–Trinajstić information content (AvgIpc) is 3.17. The summed E-state index contributed by atoms with van der Waals surface area (Å²) in [5.74, 6) is 0.755. The predicted molar refractivity (Wildman–Crippen MR) is 97.7 cm³/mol. The van der Waals surface area contributed by atoms with E-state index in [0.717, 1.165) is 0 Å². The van der Waals surface area contributed by atoms with E-state index in [1.54, 1.807) is 36.4 Å². The molecule has 3 rings (SSSR count). The zero-order valence-corrected chi connectivity index (χ0v) is 14.3. The lowest BCUT2D eigenvalue weighted by Gasteiger charge is -2.10. The number of methoxy groups -OCH3 is 1.